The SMILES string of the molecule is Fc1cccc(-c2nnc([C@H](Nc3ccc(F)cc3F)c3ccc(Cl)cc3)o2)c1. The van der Waals surface area contributed by atoms with E-state index >= 15 is 0 Å². The first kappa shape index (κ1) is 19.0. The van der Waals surface area contributed by atoms with Crippen LogP contribution in [0, 0.1) is 17.5 Å². The summed E-state index contributed by atoms with van der Waals surface area (Å²) >= 11 is 5.96. The number of nitrogens with zero attached hydrogens (tertiary/aromatic N) is 2. The van der Waals surface area contributed by atoms with Gasteiger partial charge in [-0.25, -0.2) is 13.2 Å². The van der Waals surface area contributed by atoms with Crippen molar-refractivity contribution in [1.29, 1.82) is 0 Å². The summed E-state index contributed by atoms with van der Waals surface area (Å²) in [5, 5.41) is 11.5. The normalized spacial score (nSPS) is 12.0. The minimum atomic E-state index is -0.770. The van der Waals surface area contributed by atoms with Crippen molar-refractivity contribution in [3.8, 4) is 11.5 Å². The van der Waals surface area contributed by atoms with E-state index in [4.69, 9.17) is 16.0 Å². The van der Waals surface area contributed by atoms with Gasteiger partial charge in [-0.1, -0.05) is 29.8 Å². The molecule has 29 heavy (non-hydrogen) atoms. The fraction of sp³-hybridized carbons (Fsp3) is 0.0476. The van der Waals surface area contributed by atoms with Crippen molar-refractivity contribution in [2.75, 3.05) is 5.32 Å². The Hall–Kier alpha value is -3.32. The van der Waals surface area contributed by atoms with Gasteiger partial charge in [-0.3, -0.25) is 0 Å². The van der Waals surface area contributed by atoms with Gasteiger partial charge in [0.25, 0.3) is 0 Å². The molecule has 3 aromatic carbocycles. The van der Waals surface area contributed by atoms with Crippen molar-refractivity contribution in [2.45, 2.75) is 6.04 Å². The molecule has 4 aromatic rings. The number of halogens is 4. The van der Waals surface area contributed by atoms with Crippen LogP contribution in [0.2, 0.25) is 5.02 Å². The fourth-order valence-corrected chi connectivity index (χ4v) is 2.92. The molecule has 0 bridgehead atoms. The van der Waals surface area contributed by atoms with Crippen molar-refractivity contribution in [3.63, 3.8) is 0 Å². The molecule has 8 heteroatoms. The molecule has 1 aromatic heterocycles. The number of aromatic nitrogens is 2. The Morgan fingerprint density at radius 1 is 0.862 bits per heavy atom. The molecule has 146 valence electrons. The van der Waals surface area contributed by atoms with Gasteiger partial charge in [0.15, 0.2) is 0 Å². The molecule has 0 amide bonds. The monoisotopic (exact) mass is 415 g/mol. The smallest absolute Gasteiger partial charge is 0.247 e. The summed E-state index contributed by atoms with van der Waals surface area (Å²) in [6.07, 6.45) is 0. The van der Waals surface area contributed by atoms with Crippen LogP contribution in [-0.4, -0.2) is 10.2 Å². The Morgan fingerprint density at radius 3 is 2.34 bits per heavy atom. The third-order valence-corrected chi connectivity index (χ3v) is 4.45. The number of hydrogen-bond acceptors (Lipinski definition) is 4. The average molecular weight is 416 g/mol. The first-order valence-corrected chi connectivity index (χ1v) is 8.94. The minimum absolute atomic E-state index is 0.0526. The third kappa shape index (κ3) is 4.25. The number of anilines is 1. The molecule has 1 N–H and O–H groups in total. The van der Waals surface area contributed by atoms with Gasteiger partial charge in [-0.2, -0.15) is 0 Å². The van der Waals surface area contributed by atoms with Gasteiger partial charge >= 0.3 is 0 Å². The molecule has 0 aliphatic heterocycles. The molecule has 0 aliphatic rings. The zero-order valence-corrected chi connectivity index (χ0v) is 15.5. The summed E-state index contributed by atoms with van der Waals surface area (Å²) in [4.78, 5) is 0. The lowest BCUT2D eigenvalue weighted by atomic mass is 10.1. The van der Waals surface area contributed by atoms with E-state index in [9.17, 15) is 13.2 Å². The van der Waals surface area contributed by atoms with Gasteiger partial charge in [-0.15, -0.1) is 10.2 Å². The van der Waals surface area contributed by atoms with Crippen molar-refractivity contribution in [2.24, 2.45) is 0 Å². The topological polar surface area (TPSA) is 51.0 Å². The van der Waals surface area contributed by atoms with E-state index in [1.807, 2.05) is 0 Å². The largest absolute Gasteiger partial charge is 0.418 e. The second-order valence-electron chi connectivity index (χ2n) is 6.21. The quantitative estimate of drug-likeness (QED) is 0.433. The molecule has 0 spiro atoms. The molecule has 4 nitrogen and oxygen atoms in total. The zero-order chi connectivity index (χ0) is 20.4. The van der Waals surface area contributed by atoms with Crippen molar-refractivity contribution < 1.29 is 17.6 Å². The van der Waals surface area contributed by atoms with Crippen LogP contribution in [-0.2, 0) is 0 Å². The van der Waals surface area contributed by atoms with E-state index in [1.54, 1.807) is 30.3 Å². The van der Waals surface area contributed by atoms with Crippen molar-refractivity contribution in [3.05, 3.63) is 101 Å². The zero-order valence-electron chi connectivity index (χ0n) is 14.7. The van der Waals surface area contributed by atoms with E-state index in [0.29, 0.717) is 16.1 Å². The third-order valence-electron chi connectivity index (χ3n) is 4.19. The molecular formula is C21H13ClF3N3O. The summed E-state index contributed by atoms with van der Waals surface area (Å²) < 4.78 is 46.7. The molecule has 0 saturated carbocycles. The van der Waals surface area contributed by atoms with Crippen molar-refractivity contribution >= 4 is 17.3 Å². The number of rotatable bonds is 5. The first-order valence-electron chi connectivity index (χ1n) is 8.56. The maximum absolute atomic E-state index is 14.2. The first-order chi connectivity index (χ1) is 14.0. The van der Waals surface area contributed by atoms with Crippen LogP contribution in [0.3, 0.4) is 0 Å². The molecule has 1 atom stereocenters. The maximum atomic E-state index is 14.2. The Morgan fingerprint density at radius 2 is 1.62 bits per heavy atom. The predicted octanol–water partition coefficient (Wildman–Crippen LogP) is 6.01. The van der Waals surface area contributed by atoms with E-state index in [1.165, 1.54) is 24.3 Å². The number of nitrogens with one attached hydrogen (secondary N) is 1. The fourth-order valence-electron chi connectivity index (χ4n) is 2.79. The van der Waals surface area contributed by atoms with E-state index in [-0.39, 0.29) is 17.5 Å². The highest BCUT2D eigenvalue weighted by atomic mass is 35.5. The van der Waals surface area contributed by atoms with Crippen LogP contribution in [0.1, 0.15) is 17.5 Å². The van der Waals surface area contributed by atoms with Gasteiger partial charge in [0.1, 0.15) is 23.5 Å². The minimum Gasteiger partial charge on any atom is -0.418 e. The van der Waals surface area contributed by atoms with E-state index in [0.717, 1.165) is 12.1 Å². The molecule has 0 aliphatic carbocycles. The lowest BCUT2D eigenvalue weighted by molar-refractivity contribution is 0.492. The van der Waals surface area contributed by atoms with Gasteiger partial charge in [0.2, 0.25) is 11.8 Å². The standard InChI is InChI=1S/C21H13ClF3N3O/c22-14-6-4-12(5-7-14)19(26-18-9-8-16(24)11-17(18)25)21-28-27-20(29-21)13-2-1-3-15(23)10-13/h1-11,19,26H/t19-/m1/s1. The Labute approximate surface area is 169 Å². The summed E-state index contributed by atoms with van der Waals surface area (Å²) in [6, 6.07) is 14.9. The Balaban J connectivity index is 1.73. The van der Waals surface area contributed by atoms with E-state index in [2.05, 4.69) is 15.5 Å². The number of hydrogen-bond donors (Lipinski definition) is 1. The van der Waals surface area contributed by atoms with Crippen LogP contribution in [0.4, 0.5) is 18.9 Å². The highest BCUT2D eigenvalue weighted by Gasteiger charge is 2.23. The molecule has 0 radical (unpaired) electrons. The van der Waals surface area contributed by atoms with Crippen LogP contribution in [0.5, 0.6) is 0 Å². The molecular weight excluding hydrogens is 403 g/mol. The van der Waals surface area contributed by atoms with Gasteiger partial charge in [0, 0.05) is 16.7 Å². The molecule has 0 fully saturated rings. The van der Waals surface area contributed by atoms with Crippen LogP contribution < -0.4 is 5.32 Å². The summed E-state index contributed by atoms with van der Waals surface area (Å²) in [5.74, 6) is -1.67. The van der Waals surface area contributed by atoms with Crippen LogP contribution >= 0.6 is 11.6 Å². The van der Waals surface area contributed by atoms with Crippen LogP contribution in [0.15, 0.2) is 71.1 Å². The summed E-state index contributed by atoms with van der Waals surface area (Å²) in [7, 11) is 0. The molecule has 1 heterocycles. The Bertz CT molecular complexity index is 1150. The maximum Gasteiger partial charge on any atom is 0.247 e. The van der Waals surface area contributed by atoms with E-state index < -0.39 is 23.5 Å². The lowest BCUT2D eigenvalue weighted by Gasteiger charge is -2.17. The highest BCUT2D eigenvalue weighted by molar-refractivity contribution is 6.30. The second-order valence-corrected chi connectivity index (χ2v) is 6.65. The second kappa shape index (κ2) is 7.97. The number of benzene rings is 3. The van der Waals surface area contributed by atoms with Crippen LogP contribution in [0.25, 0.3) is 11.5 Å². The summed E-state index contributed by atoms with van der Waals surface area (Å²) in [6.45, 7) is 0. The Kier molecular flexibility index (Phi) is 5.22. The summed E-state index contributed by atoms with van der Waals surface area (Å²) in [5.41, 5.74) is 1.12. The predicted molar refractivity (Wildman–Crippen MR) is 103 cm³/mol. The van der Waals surface area contributed by atoms with Gasteiger partial charge < -0.3 is 9.73 Å². The highest BCUT2D eigenvalue weighted by Crippen LogP contribution is 2.30. The van der Waals surface area contributed by atoms with Crippen molar-refractivity contribution in [1.82, 2.24) is 10.2 Å². The van der Waals surface area contributed by atoms with Gasteiger partial charge in [0.05, 0.1) is 5.69 Å². The molecule has 0 unspecified atom stereocenters. The van der Waals surface area contributed by atoms with Gasteiger partial charge in [-0.05, 0) is 48.0 Å². The lowest BCUT2D eigenvalue weighted by Crippen LogP contribution is -2.14. The average Bonchev–Trinajstić information content (AvgIpc) is 3.18. The molecule has 4 rings (SSSR count). The molecule has 0 saturated heterocycles.